The van der Waals surface area contributed by atoms with E-state index in [1.165, 1.54) is 19.2 Å². The smallest absolute Gasteiger partial charge is 0.291 e. The Bertz CT molecular complexity index is 618. The number of hydrogen-bond acceptors (Lipinski definition) is 6. The van der Waals surface area contributed by atoms with E-state index in [1.807, 2.05) is 6.92 Å². The molecule has 1 unspecified atom stereocenters. The maximum absolute atomic E-state index is 12.5. The summed E-state index contributed by atoms with van der Waals surface area (Å²) in [6.07, 6.45) is 1.49. The average Bonchev–Trinajstić information content (AvgIpc) is 2.45. The van der Waals surface area contributed by atoms with Gasteiger partial charge in [-0.05, 0) is 25.5 Å². The van der Waals surface area contributed by atoms with Crippen LogP contribution in [0.25, 0.3) is 0 Å². The maximum atomic E-state index is 12.5. The molecule has 1 aromatic carbocycles. The van der Waals surface area contributed by atoms with Gasteiger partial charge in [-0.15, -0.1) is 0 Å². The fraction of sp³-hybridized carbons (Fsp3) is 0.500. The van der Waals surface area contributed by atoms with Crippen molar-refractivity contribution < 1.29 is 13.3 Å². The van der Waals surface area contributed by atoms with Gasteiger partial charge in [-0.25, -0.2) is 8.42 Å². The first kappa shape index (κ1) is 17.3. The van der Waals surface area contributed by atoms with E-state index in [9.17, 15) is 18.5 Å². The highest BCUT2D eigenvalue weighted by Crippen LogP contribution is 2.30. The number of hydrogen-bond donors (Lipinski definition) is 2. The van der Waals surface area contributed by atoms with Gasteiger partial charge < -0.3 is 5.43 Å². The average molecular weight is 316 g/mol. The van der Waals surface area contributed by atoms with Crippen LogP contribution in [0, 0.1) is 10.1 Å². The summed E-state index contributed by atoms with van der Waals surface area (Å²) in [7, 11) is -2.51. The molecule has 1 aromatic rings. The van der Waals surface area contributed by atoms with E-state index in [4.69, 9.17) is 5.84 Å². The van der Waals surface area contributed by atoms with E-state index >= 15 is 0 Å². The highest BCUT2D eigenvalue weighted by molar-refractivity contribution is 7.89. The molecule has 0 aromatic heterocycles. The largest absolute Gasteiger partial charge is 0.324 e. The van der Waals surface area contributed by atoms with Crippen LogP contribution in [-0.4, -0.2) is 30.7 Å². The van der Waals surface area contributed by atoms with E-state index in [1.54, 1.807) is 6.92 Å². The number of nitrogen functional groups attached to an aromatic ring is 1. The van der Waals surface area contributed by atoms with Gasteiger partial charge in [0.25, 0.3) is 5.69 Å². The van der Waals surface area contributed by atoms with Crippen molar-refractivity contribution in [2.24, 2.45) is 5.84 Å². The molecule has 118 valence electrons. The van der Waals surface area contributed by atoms with Gasteiger partial charge in [-0.1, -0.05) is 13.3 Å². The molecule has 0 bridgehead atoms. The van der Waals surface area contributed by atoms with Crippen LogP contribution in [0.15, 0.2) is 23.1 Å². The van der Waals surface area contributed by atoms with Crippen molar-refractivity contribution in [1.29, 1.82) is 0 Å². The molecule has 21 heavy (non-hydrogen) atoms. The molecule has 1 atom stereocenters. The predicted octanol–water partition coefficient (Wildman–Crippen LogP) is 1.69. The van der Waals surface area contributed by atoms with Crippen LogP contribution in [0.4, 0.5) is 11.4 Å². The Kier molecular flexibility index (Phi) is 5.64. The molecule has 0 spiro atoms. The summed E-state index contributed by atoms with van der Waals surface area (Å²) in [5, 5.41) is 11.1. The molecular weight excluding hydrogens is 296 g/mol. The van der Waals surface area contributed by atoms with Gasteiger partial charge in [-0.3, -0.25) is 16.0 Å². The number of hydrazine groups is 1. The van der Waals surface area contributed by atoms with E-state index in [-0.39, 0.29) is 16.6 Å². The summed E-state index contributed by atoms with van der Waals surface area (Å²) in [5.41, 5.74) is 2.03. The van der Waals surface area contributed by atoms with Crippen molar-refractivity contribution >= 4 is 21.4 Å². The van der Waals surface area contributed by atoms with E-state index in [0.717, 1.165) is 16.8 Å². The molecule has 0 saturated carbocycles. The fourth-order valence-corrected chi connectivity index (χ4v) is 3.49. The topological polar surface area (TPSA) is 119 Å². The van der Waals surface area contributed by atoms with Gasteiger partial charge >= 0.3 is 0 Å². The number of nitrogens with one attached hydrogen (secondary N) is 1. The lowest BCUT2D eigenvalue weighted by atomic mass is 10.2. The van der Waals surface area contributed by atoms with Crippen molar-refractivity contribution in [3.63, 3.8) is 0 Å². The quantitative estimate of drug-likeness (QED) is 0.449. The molecule has 0 amide bonds. The first-order chi connectivity index (χ1) is 9.75. The lowest BCUT2D eigenvalue weighted by Crippen LogP contribution is -2.35. The Morgan fingerprint density at radius 3 is 2.57 bits per heavy atom. The zero-order valence-electron chi connectivity index (χ0n) is 12.2. The summed E-state index contributed by atoms with van der Waals surface area (Å²) in [5.74, 6) is 5.19. The lowest BCUT2D eigenvalue weighted by molar-refractivity contribution is -0.387. The third-order valence-electron chi connectivity index (χ3n) is 3.31. The van der Waals surface area contributed by atoms with Crippen molar-refractivity contribution in [3.8, 4) is 0 Å². The van der Waals surface area contributed by atoms with Gasteiger partial charge in [0, 0.05) is 19.2 Å². The predicted molar refractivity (Wildman–Crippen MR) is 80.2 cm³/mol. The molecule has 9 heteroatoms. The zero-order valence-corrected chi connectivity index (χ0v) is 13.1. The van der Waals surface area contributed by atoms with Crippen molar-refractivity contribution in [2.75, 3.05) is 12.5 Å². The van der Waals surface area contributed by atoms with Crippen LogP contribution in [0.3, 0.4) is 0 Å². The second-order valence-electron chi connectivity index (χ2n) is 4.74. The Labute approximate surface area is 124 Å². The first-order valence-corrected chi connectivity index (χ1v) is 7.92. The third kappa shape index (κ3) is 3.69. The summed E-state index contributed by atoms with van der Waals surface area (Å²) < 4.78 is 26.2. The van der Waals surface area contributed by atoms with Gasteiger partial charge in [0.05, 0.1) is 10.6 Å². The van der Waals surface area contributed by atoms with Gasteiger partial charge in [0.15, 0.2) is 4.90 Å². The standard InChI is InChI=1S/C12H20N4O4S/c1-4-5-9(2)15(3)21(19,20)12-7-6-10(14-13)8-11(12)16(17)18/h6-9,14H,4-5,13H2,1-3H3. The van der Waals surface area contributed by atoms with Gasteiger partial charge in [0.1, 0.15) is 0 Å². The monoisotopic (exact) mass is 316 g/mol. The second-order valence-corrected chi connectivity index (χ2v) is 6.71. The Morgan fingerprint density at radius 1 is 1.48 bits per heavy atom. The minimum atomic E-state index is -3.94. The molecule has 0 aliphatic rings. The molecular formula is C12H20N4O4S. The third-order valence-corrected chi connectivity index (χ3v) is 5.33. The van der Waals surface area contributed by atoms with Gasteiger partial charge in [0.2, 0.25) is 10.0 Å². The SMILES string of the molecule is CCCC(C)N(C)S(=O)(=O)c1ccc(NN)cc1[N+](=O)[O-]. The number of nitro benzene ring substituents is 1. The van der Waals surface area contributed by atoms with Crippen molar-refractivity contribution in [2.45, 2.75) is 37.6 Å². The number of nitrogens with two attached hydrogens (primary N) is 1. The van der Waals surface area contributed by atoms with E-state index in [0.29, 0.717) is 6.42 Å². The maximum Gasteiger partial charge on any atom is 0.291 e. The first-order valence-electron chi connectivity index (χ1n) is 6.48. The highest BCUT2D eigenvalue weighted by atomic mass is 32.2. The van der Waals surface area contributed by atoms with Crippen LogP contribution in [0.2, 0.25) is 0 Å². The molecule has 0 aliphatic carbocycles. The minimum absolute atomic E-state index is 0.244. The van der Waals surface area contributed by atoms with E-state index in [2.05, 4.69) is 5.43 Å². The van der Waals surface area contributed by atoms with E-state index < -0.39 is 20.6 Å². The second kappa shape index (κ2) is 6.83. The Balaban J connectivity index is 3.34. The minimum Gasteiger partial charge on any atom is -0.324 e. The number of rotatable bonds is 7. The van der Waals surface area contributed by atoms with Crippen LogP contribution in [0.1, 0.15) is 26.7 Å². The van der Waals surface area contributed by atoms with Crippen LogP contribution in [0.5, 0.6) is 0 Å². The highest BCUT2D eigenvalue weighted by Gasteiger charge is 2.31. The molecule has 0 aliphatic heterocycles. The molecule has 8 nitrogen and oxygen atoms in total. The zero-order chi connectivity index (χ0) is 16.2. The number of anilines is 1. The number of benzene rings is 1. The molecule has 0 heterocycles. The number of nitro groups is 1. The molecule has 3 N–H and O–H groups in total. The fourth-order valence-electron chi connectivity index (χ4n) is 1.96. The summed E-state index contributed by atoms with van der Waals surface area (Å²) in [6.45, 7) is 3.71. The normalized spacial score (nSPS) is 13.2. The van der Waals surface area contributed by atoms with Crippen molar-refractivity contribution in [1.82, 2.24) is 4.31 Å². The lowest BCUT2D eigenvalue weighted by Gasteiger charge is -2.23. The molecule has 0 saturated heterocycles. The Hall–Kier alpha value is -1.71. The summed E-state index contributed by atoms with van der Waals surface area (Å²) in [6, 6.07) is 3.44. The van der Waals surface area contributed by atoms with Gasteiger partial charge in [-0.2, -0.15) is 4.31 Å². The number of sulfonamides is 1. The molecule has 0 fully saturated rings. The van der Waals surface area contributed by atoms with Crippen LogP contribution < -0.4 is 11.3 Å². The Morgan fingerprint density at radius 2 is 2.10 bits per heavy atom. The number of nitrogens with zero attached hydrogens (tertiary/aromatic N) is 2. The van der Waals surface area contributed by atoms with Crippen LogP contribution in [-0.2, 0) is 10.0 Å². The summed E-state index contributed by atoms with van der Waals surface area (Å²) >= 11 is 0. The summed E-state index contributed by atoms with van der Waals surface area (Å²) in [4.78, 5) is 10.0. The molecule has 0 radical (unpaired) electrons. The van der Waals surface area contributed by atoms with Crippen LogP contribution >= 0.6 is 0 Å². The van der Waals surface area contributed by atoms with Crippen molar-refractivity contribution in [3.05, 3.63) is 28.3 Å². The molecule has 1 rings (SSSR count).